The summed E-state index contributed by atoms with van der Waals surface area (Å²) < 4.78 is 241. The second kappa shape index (κ2) is 9.29. The molecule has 0 saturated heterocycles. The molecule has 0 fully saturated rings. The van der Waals surface area contributed by atoms with E-state index in [1.165, 1.54) is 0 Å². The summed E-state index contributed by atoms with van der Waals surface area (Å²) in [5.74, 6) is -44.4. The van der Waals surface area contributed by atoms with Crippen molar-refractivity contribution in [1.29, 1.82) is 0 Å². The normalized spacial score (nSPS) is 16.2. The van der Waals surface area contributed by atoms with Crippen molar-refractivity contribution in [1.82, 2.24) is 0 Å². The van der Waals surface area contributed by atoms with Gasteiger partial charge in [-0.15, -0.1) is 0 Å². The van der Waals surface area contributed by atoms with Crippen LogP contribution in [0.4, 0.5) is 79.0 Å². The van der Waals surface area contributed by atoms with E-state index in [1.54, 1.807) is 0 Å². The number of hydrogen-bond donors (Lipinski definition) is 1. The lowest BCUT2D eigenvalue weighted by Crippen LogP contribution is -2.60. The molecule has 1 atom stereocenters. The van der Waals surface area contributed by atoms with Gasteiger partial charge in [-0.25, -0.2) is 0 Å². The zero-order valence-electron chi connectivity index (χ0n) is 17.5. The van der Waals surface area contributed by atoms with Crippen LogP contribution >= 0.6 is 0 Å². The Morgan fingerprint density at radius 2 is 0.865 bits per heavy atom. The molecule has 1 nitrogen and oxygen atoms in total. The maximum Gasteiger partial charge on any atom is 0.460 e. The molecule has 0 amide bonds. The number of benzene rings is 1. The van der Waals surface area contributed by atoms with Crippen molar-refractivity contribution >= 4 is 0 Å². The minimum atomic E-state index is -7.64. The molecule has 0 aliphatic rings. The van der Waals surface area contributed by atoms with Gasteiger partial charge in [0.05, 0.1) is 6.10 Å². The average molecular weight is 586 g/mol. The summed E-state index contributed by atoms with van der Waals surface area (Å²) in [4.78, 5) is 0. The van der Waals surface area contributed by atoms with E-state index in [9.17, 15) is 84.1 Å². The molecule has 0 spiro atoms. The SMILES string of the molecule is CCCC(O)c1c(C(F)(F)C(F)(F)C(F)(F)C(F)(F)F)cccc1C(F)(F)C(F)(F)C(F)(F)C(F)(F)F. The fourth-order valence-corrected chi connectivity index (χ4v) is 2.98. The quantitative estimate of drug-likeness (QED) is 0.289. The largest absolute Gasteiger partial charge is 0.460 e. The van der Waals surface area contributed by atoms with Gasteiger partial charge in [0, 0.05) is 11.1 Å². The molecule has 216 valence electrons. The Bertz CT molecular complexity index is 890. The number of alkyl halides is 18. The lowest BCUT2D eigenvalue weighted by molar-refractivity contribution is -0.401. The lowest BCUT2D eigenvalue weighted by atomic mass is 9.83. The van der Waals surface area contributed by atoms with Crippen molar-refractivity contribution in [2.24, 2.45) is 0 Å². The minimum absolute atomic E-state index is 0.418. The molecule has 1 N–H and O–H groups in total. The Balaban J connectivity index is 4.14. The smallest absolute Gasteiger partial charge is 0.388 e. The van der Waals surface area contributed by atoms with E-state index in [4.69, 9.17) is 0 Å². The van der Waals surface area contributed by atoms with Gasteiger partial charge in [0.15, 0.2) is 0 Å². The van der Waals surface area contributed by atoms with E-state index in [1.807, 2.05) is 0 Å². The summed E-state index contributed by atoms with van der Waals surface area (Å²) in [5.41, 5.74) is -8.87. The number of rotatable bonds is 9. The van der Waals surface area contributed by atoms with Crippen LogP contribution in [-0.4, -0.2) is 41.1 Å². The van der Waals surface area contributed by atoms with Crippen LogP contribution in [0.25, 0.3) is 0 Å². The molecule has 1 rings (SSSR count). The van der Waals surface area contributed by atoms with Crippen molar-refractivity contribution < 1.29 is 84.1 Å². The number of hydrogen-bond acceptors (Lipinski definition) is 1. The van der Waals surface area contributed by atoms with Crippen molar-refractivity contribution in [2.45, 2.75) is 73.8 Å². The highest BCUT2D eigenvalue weighted by Gasteiger charge is 2.84. The maximum absolute atomic E-state index is 14.5. The van der Waals surface area contributed by atoms with Crippen LogP contribution in [0.5, 0.6) is 0 Å². The van der Waals surface area contributed by atoms with Crippen LogP contribution in [0, 0.1) is 0 Å². The predicted octanol–water partition coefficient (Wildman–Crippen LogP) is 8.37. The fourth-order valence-electron chi connectivity index (χ4n) is 2.98. The fraction of sp³-hybridized carbons (Fsp3) is 0.667. The van der Waals surface area contributed by atoms with Gasteiger partial charge in [-0.1, -0.05) is 31.5 Å². The Morgan fingerprint density at radius 1 is 0.568 bits per heavy atom. The van der Waals surface area contributed by atoms with Gasteiger partial charge >= 0.3 is 47.9 Å². The minimum Gasteiger partial charge on any atom is -0.388 e. The molecular formula is C18H12F18O. The number of aliphatic hydroxyl groups is 1. The summed E-state index contributed by atoms with van der Waals surface area (Å²) in [7, 11) is 0. The van der Waals surface area contributed by atoms with Gasteiger partial charge in [0.1, 0.15) is 0 Å². The van der Waals surface area contributed by atoms with Crippen molar-refractivity contribution in [3.63, 3.8) is 0 Å². The molecule has 0 bridgehead atoms. The van der Waals surface area contributed by atoms with E-state index >= 15 is 0 Å². The second-order valence-corrected chi connectivity index (χ2v) is 7.51. The zero-order valence-corrected chi connectivity index (χ0v) is 17.5. The van der Waals surface area contributed by atoms with Crippen LogP contribution in [0.2, 0.25) is 0 Å². The Hall–Kier alpha value is -2.08. The van der Waals surface area contributed by atoms with Crippen LogP contribution in [0.15, 0.2) is 18.2 Å². The molecule has 1 unspecified atom stereocenters. The van der Waals surface area contributed by atoms with Gasteiger partial charge in [-0.05, 0) is 12.0 Å². The summed E-state index contributed by atoms with van der Waals surface area (Å²) in [6.45, 7) is 0.973. The highest BCUT2D eigenvalue weighted by molar-refractivity contribution is 5.44. The van der Waals surface area contributed by atoms with E-state index in [2.05, 4.69) is 0 Å². The first-order chi connectivity index (χ1) is 16.1. The third-order valence-electron chi connectivity index (χ3n) is 4.97. The third-order valence-corrected chi connectivity index (χ3v) is 4.97. The van der Waals surface area contributed by atoms with Gasteiger partial charge < -0.3 is 5.11 Å². The molecular weight excluding hydrogens is 574 g/mol. The molecule has 1 aromatic rings. The van der Waals surface area contributed by atoms with Crippen LogP contribution < -0.4 is 0 Å². The van der Waals surface area contributed by atoms with Crippen LogP contribution in [0.1, 0.15) is 42.6 Å². The van der Waals surface area contributed by atoms with E-state index < -0.39 is 102 Å². The highest BCUT2D eigenvalue weighted by atomic mass is 19.4. The van der Waals surface area contributed by atoms with Crippen LogP contribution in [0.3, 0.4) is 0 Å². The topological polar surface area (TPSA) is 20.2 Å². The third kappa shape index (κ3) is 4.79. The molecule has 1 aromatic carbocycles. The molecule has 0 aromatic heterocycles. The first-order valence-corrected chi connectivity index (χ1v) is 9.31. The summed E-state index contributed by atoms with van der Waals surface area (Å²) in [6, 6.07) is -1.62. The molecule has 0 radical (unpaired) electrons. The molecule has 19 heteroatoms. The van der Waals surface area contributed by atoms with Crippen molar-refractivity contribution in [3.8, 4) is 0 Å². The molecule has 0 saturated carbocycles. The first kappa shape index (κ1) is 32.9. The Labute approximate surface area is 194 Å². The maximum atomic E-state index is 14.5. The van der Waals surface area contributed by atoms with Gasteiger partial charge in [-0.3, -0.25) is 0 Å². The van der Waals surface area contributed by atoms with E-state index in [0.717, 1.165) is 6.92 Å². The Kier molecular flexibility index (Phi) is 8.27. The first-order valence-electron chi connectivity index (χ1n) is 9.31. The molecule has 37 heavy (non-hydrogen) atoms. The van der Waals surface area contributed by atoms with E-state index in [-0.39, 0.29) is 0 Å². The summed E-state index contributed by atoms with van der Waals surface area (Å²) in [5, 5.41) is 9.89. The lowest BCUT2D eigenvalue weighted by Gasteiger charge is -2.38. The van der Waals surface area contributed by atoms with Gasteiger partial charge in [0.2, 0.25) is 0 Å². The van der Waals surface area contributed by atoms with Gasteiger partial charge in [0.25, 0.3) is 0 Å². The highest BCUT2D eigenvalue weighted by Crippen LogP contribution is 2.61. The Morgan fingerprint density at radius 3 is 1.11 bits per heavy atom. The van der Waals surface area contributed by atoms with E-state index in [0.29, 0.717) is 0 Å². The summed E-state index contributed by atoms with van der Waals surface area (Å²) >= 11 is 0. The standard InChI is InChI=1S/C18H12F18O/c1-2-4-9(37)10-7(11(19,20)13(23,24)15(27,28)17(31,32)33)5-3-6-8(10)12(21,22)14(25,26)16(29,30)18(34,35)36/h3,5-6,9,37H,2,4H2,1H3. The average Bonchev–Trinajstić information content (AvgIpc) is 2.71. The number of halogens is 18. The van der Waals surface area contributed by atoms with Crippen molar-refractivity contribution in [3.05, 3.63) is 34.9 Å². The molecule has 0 heterocycles. The zero-order chi connectivity index (χ0) is 29.8. The monoisotopic (exact) mass is 586 g/mol. The molecule has 0 aliphatic heterocycles. The second-order valence-electron chi connectivity index (χ2n) is 7.51. The predicted molar refractivity (Wildman–Crippen MR) is 86.0 cm³/mol. The molecule has 0 aliphatic carbocycles. The summed E-state index contributed by atoms with van der Waals surface area (Å²) in [6.07, 6.45) is -19.8. The van der Waals surface area contributed by atoms with Gasteiger partial charge in [-0.2, -0.15) is 79.0 Å². The van der Waals surface area contributed by atoms with Crippen LogP contribution in [-0.2, 0) is 11.8 Å². The van der Waals surface area contributed by atoms with Crippen molar-refractivity contribution in [2.75, 3.05) is 0 Å². The number of aliphatic hydroxyl groups excluding tert-OH is 1.